The van der Waals surface area contributed by atoms with Gasteiger partial charge in [0.1, 0.15) is 11.4 Å². The third-order valence-corrected chi connectivity index (χ3v) is 4.09. The number of carbonyl (C=O) groups excluding carboxylic acids is 1. The number of halogens is 1. The molecule has 1 saturated carbocycles. The number of alkyl carbamates (subject to hydrolysis) is 1. The number of aryl methyl sites for hydroxylation is 1. The molecule has 1 amide bonds. The first-order valence-corrected chi connectivity index (χ1v) is 8.24. The lowest BCUT2D eigenvalue weighted by Crippen LogP contribution is -2.38. The molecule has 1 aromatic carbocycles. The van der Waals surface area contributed by atoms with Gasteiger partial charge in [0.25, 0.3) is 0 Å². The van der Waals surface area contributed by atoms with Crippen LogP contribution in [0.1, 0.15) is 45.6 Å². The van der Waals surface area contributed by atoms with Crippen LogP contribution in [0.3, 0.4) is 0 Å². The topological polar surface area (TPSA) is 50.4 Å². The van der Waals surface area contributed by atoms with Gasteiger partial charge in [-0.2, -0.15) is 0 Å². The highest BCUT2D eigenvalue weighted by Gasteiger charge is 2.28. The number of carbonyl (C=O) groups is 1. The third-order valence-electron chi connectivity index (χ3n) is 4.09. The predicted octanol–water partition coefficient (Wildman–Crippen LogP) is 4.24. The Bertz CT molecular complexity index is 554. The van der Waals surface area contributed by atoms with Crippen LogP contribution in [0, 0.1) is 18.7 Å². The highest BCUT2D eigenvalue weighted by Crippen LogP contribution is 2.28. The number of hydrogen-bond donors (Lipinski definition) is 2. The molecule has 2 rings (SSSR count). The van der Waals surface area contributed by atoms with E-state index in [0.29, 0.717) is 18.0 Å². The Balaban J connectivity index is 1.87. The second-order valence-corrected chi connectivity index (χ2v) is 7.29. The number of hydrogen-bond acceptors (Lipinski definition) is 3. The lowest BCUT2D eigenvalue weighted by Gasteiger charge is -2.24. The van der Waals surface area contributed by atoms with Crippen LogP contribution in [0.5, 0.6) is 0 Å². The van der Waals surface area contributed by atoms with Crippen molar-refractivity contribution in [3.8, 4) is 0 Å². The van der Waals surface area contributed by atoms with Gasteiger partial charge in [-0.15, -0.1) is 0 Å². The van der Waals surface area contributed by atoms with E-state index >= 15 is 0 Å². The molecule has 2 N–H and O–H groups in total. The summed E-state index contributed by atoms with van der Waals surface area (Å²) in [4.78, 5) is 11.8. The summed E-state index contributed by atoms with van der Waals surface area (Å²) in [7, 11) is 0. The van der Waals surface area contributed by atoms with E-state index in [1.165, 1.54) is 6.07 Å². The second kappa shape index (κ2) is 7.20. The Labute approximate surface area is 137 Å². The number of rotatable bonds is 4. The smallest absolute Gasteiger partial charge is 0.407 e. The molecule has 23 heavy (non-hydrogen) atoms. The lowest BCUT2D eigenvalue weighted by molar-refractivity contribution is 0.0519. The van der Waals surface area contributed by atoms with Crippen molar-refractivity contribution in [1.82, 2.24) is 5.32 Å². The van der Waals surface area contributed by atoms with Crippen LogP contribution >= 0.6 is 0 Å². The number of ether oxygens (including phenoxy) is 1. The van der Waals surface area contributed by atoms with Crippen molar-refractivity contribution in [1.29, 1.82) is 0 Å². The maximum absolute atomic E-state index is 13.6. The summed E-state index contributed by atoms with van der Waals surface area (Å²) in [6.45, 7) is 7.86. The zero-order valence-electron chi connectivity index (χ0n) is 14.4. The molecule has 0 saturated heterocycles. The van der Waals surface area contributed by atoms with Gasteiger partial charge in [-0.3, -0.25) is 0 Å². The first kappa shape index (κ1) is 17.6. The third kappa shape index (κ3) is 5.41. The first-order chi connectivity index (χ1) is 10.7. The molecule has 0 spiro atoms. The van der Waals surface area contributed by atoms with Crippen molar-refractivity contribution in [3.63, 3.8) is 0 Å². The Hall–Kier alpha value is -1.78. The van der Waals surface area contributed by atoms with E-state index in [4.69, 9.17) is 4.74 Å². The Kier molecular flexibility index (Phi) is 5.50. The zero-order valence-corrected chi connectivity index (χ0v) is 14.4. The van der Waals surface area contributed by atoms with Crippen molar-refractivity contribution >= 4 is 11.8 Å². The maximum atomic E-state index is 13.6. The minimum absolute atomic E-state index is 0.198. The van der Waals surface area contributed by atoms with E-state index in [1.54, 1.807) is 13.0 Å². The van der Waals surface area contributed by atoms with Gasteiger partial charge < -0.3 is 15.4 Å². The monoisotopic (exact) mass is 322 g/mol. The van der Waals surface area contributed by atoms with Crippen molar-refractivity contribution < 1.29 is 13.9 Å². The second-order valence-electron chi connectivity index (χ2n) is 7.29. The molecular weight excluding hydrogens is 295 g/mol. The van der Waals surface area contributed by atoms with Crippen LogP contribution in [-0.4, -0.2) is 24.3 Å². The summed E-state index contributed by atoms with van der Waals surface area (Å²) >= 11 is 0. The van der Waals surface area contributed by atoms with Gasteiger partial charge in [-0.25, -0.2) is 9.18 Å². The van der Waals surface area contributed by atoms with E-state index in [9.17, 15) is 9.18 Å². The quantitative estimate of drug-likeness (QED) is 0.872. The number of anilines is 1. The van der Waals surface area contributed by atoms with Gasteiger partial charge >= 0.3 is 6.09 Å². The van der Waals surface area contributed by atoms with Gasteiger partial charge in [-0.1, -0.05) is 12.5 Å². The molecule has 0 heterocycles. The summed E-state index contributed by atoms with van der Waals surface area (Å²) in [5.41, 5.74) is 0.948. The van der Waals surface area contributed by atoms with Crippen molar-refractivity contribution in [2.45, 2.75) is 58.6 Å². The largest absolute Gasteiger partial charge is 0.444 e. The summed E-state index contributed by atoms with van der Waals surface area (Å²) in [5.74, 6) is 0.128. The summed E-state index contributed by atoms with van der Waals surface area (Å²) < 4.78 is 18.9. The Morgan fingerprint density at radius 3 is 2.74 bits per heavy atom. The van der Waals surface area contributed by atoms with Crippen LogP contribution in [0.2, 0.25) is 0 Å². The summed E-state index contributed by atoms with van der Waals surface area (Å²) in [5, 5.41) is 6.24. The summed E-state index contributed by atoms with van der Waals surface area (Å²) in [6, 6.07) is 5.45. The standard InChI is InChI=1S/C18H27FN2O2/c1-12-8-9-14(10-15(12)19)21-16-7-5-6-13(16)11-20-17(22)23-18(2,3)4/h8-10,13,16,21H,5-7,11H2,1-4H3,(H,20,22). The van der Waals surface area contributed by atoms with Crippen LogP contribution in [-0.2, 0) is 4.74 Å². The Morgan fingerprint density at radius 2 is 2.09 bits per heavy atom. The predicted molar refractivity (Wildman–Crippen MR) is 90.1 cm³/mol. The fourth-order valence-corrected chi connectivity index (χ4v) is 2.90. The molecule has 0 bridgehead atoms. The minimum Gasteiger partial charge on any atom is -0.444 e. The molecule has 2 atom stereocenters. The van der Waals surface area contributed by atoms with Crippen molar-refractivity contribution in [2.75, 3.05) is 11.9 Å². The van der Waals surface area contributed by atoms with Gasteiger partial charge in [-0.05, 0) is 64.2 Å². The van der Waals surface area contributed by atoms with Crippen molar-refractivity contribution in [3.05, 3.63) is 29.6 Å². The molecule has 1 aliphatic rings. The van der Waals surface area contributed by atoms with Gasteiger partial charge in [0.2, 0.25) is 0 Å². The minimum atomic E-state index is -0.489. The average molecular weight is 322 g/mol. The van der Waals surface area contributed by atoms with E-state index < -0.39 is 5.60 Å². The number of nitrogens with one attached hydrogen (secondary N) is 2. The van der Waals surface area contributed by atoms with Gasteiger partial charge in [0, 0.05) is 18.3 Å². The molecule has 128 valence electrons. The van der Waals surface area contributed by atoms with E-state index in [2.05, 4.69) is 10.6 Å². The molecule has 0 aliphatic heterocycles. The number of benzene rings is 1. The molecular formula is C18H27FN2O2. The zero-order chi connectivity index (χ0) is 17.0. The average Bonchev–Trinajstić information content (AvgIpc) is 2.86. The molecule has 0 radical (unpaired) electrons. The molecule has 1 aromatic rings. The van der Waals surface area contributed by atoms with Gasteiger partial charge in [0.05, 0.1) is 0 Å². The molecule has 5 heteroatoms. The van der Waals surface area contributed by atoms with Crippen LogP contribution in [0.15, 0.2) is 18.2 Å². The summed E-state index contributed by atoms with van der Waals surface area (Å²) in [6.07, 6.45) is 2.79. The molecule has 1 aliphatic carbocycles. The number of amides is 1. The normalized spacial score (nSPS) is 21.1. The van der Waals surface area contributed by atoms with E-state index in [-0.39, 0.29) is 18.0 Å². The molecule has 0 aromatic heterocycles. The molecule has 4 nitrogen and oxygen atoms in total. The highest BCUT2D eigenvalue weighted by atomic mass is 19.1. The highest BCUT2D eigenvalue weighted by molar-refractivity contribution is 5.67. The molecule has 1 fully saturated rings. The SMILES string of the molecule is Cc1ccc(NC2CCCC2CNC(=O)OC(C)(C)C)cc1F. The van der Waals surface area contributed by atoms with Crippen LogP contribution in [0.25, 0.3) is 0 Å². The maximum Gasteiger partial charge on any atom is 0.407 e. The Morgan fingerprint density at radius 1 is 1.35 bits per heavy atom. The van der Waals surface area contributed by atoms with Crippen LogP contribution < -0.4 is 10.6 Å². The van der Waals surface area contributed by atoms with Gasteiger partial charge in [0.15, 0.2) is 0 Å². The van der Waals surface area contributed by atoms with Crippen LogP contribution in [0.4, 0.5) is 14.9 Å². The molecule has 2 unspecified atom stereocenters. The van der Waals surface area contributed by atoms with E-state index in [0.717, 1.165) is 24.9 Å². The lowest BCUT2D eigenvalue weighted by atomic mass is 10.0. The first-order valence-electron chi connectivity index (χ1n) is 8.24. The fourth-order valence-electron chi connectivity index (χ4n) is 2.90. The van der Waals surface area contributed by atoms with Crippen molar-refractivity contribution in [2.24, 2.45) is 5.92 Å². The fraction of sp³-hybridized carbons (Fsp3) is 0.611. The van der Waals surface area contributed by atoms with E-state index in [1.807, 2.05) is 26.8 Å².